The fraction of sp³-hybridized carbons (Fsp3) is 0.385. The molecule has 1 aromatic rings. The van der Waals surface area contributed by atoms with Crippen molar-refractivity contribution in [3.8, 4) is 0 Å². The van der Waals surface area contributed by atoms with E-state index in [0.29, 0.717) is 5.69 Å². The molecule has 0 saturated carbocycles. The molecule has 17 heavy (non-hydrogen) atoms. The van der Waals surface area contributed by atoms with Crippen molar-refractivity contribution >= 4 is 23.2 Å². The molecule has 1 aromatic carbocycles. The van der Waals surface area contributed by atoms with E-state index in [2.05, 4.69) is 5.32 Å². The van der Waals surface area contributed by atoms with Crippen LogP contribution in [0, 0.1) is 0 Å². The van der Waals surface area contributed by atoms with Gasteiger partial charge in [0, 0.05) is 25.3 Å². The van der Waals surface area contributed by atoms with Crippen LogP contribution in [-0.2, 0) is 15.0 Å². The zero-order valence-corrected chi connectivity index (χ0v) is 10.5. The Morgan fingerprint density at radius 3 is 2.59 bits per heavy atom. The van der Waals surface area contributed by atoms with Crippen LogP contribution >= 0.6 is 0 Å². The van der Waals surface area contributed by atoms with Crippen molar-refractivity contribution < 1.29 is 9.59 Å². The van der Waals surface area contributed by atoms with E-state index in [1.165, 1.54) is 6.92 Å². The number of hydrogen-bond acceptors (Lipinski definition) is 2. The van der Waals surface area contributed by atoms with Crippen LogP contribution in [-0.4, -0.2) is 18.9 Å². The van der Waals surface area contributed by atoms with Gasteiger partial charge in [-0.05, 0) is 31.5 Å². The third-order valence-corrected chi connectivity index (χ3v) is 3.19. The Morgan fingerprint density at radius 2 is 2.00 bits per heavy atom. The normalized spacial score (nSPS) is 16.9. The largest absolute Gasteiger partial charge is 0.326 e. The molecule has 1 aliphatic heterocycles. The highest BCUT2D eigenvalue weighted by molar-refractivity contribution is 6.08. The Balaban J connectivity index is 2.49. The molecule has 0 atom stereocenters. The Kier molecular flexibility index (Phi) is 2.45. The molecular weight excluding hydrogens is 216 g/mol. The van der Waals surface area contributed by atoms with Gasteiger partial charge in [-0.15, -0.1) is 0 Å². The predicted molar refractivity (Wildman–Crippen MR) is 67.2 cm³/mol. The van der Waals surface area contributed by atoms with Gasteiger partial charge in [-0.25, -0.2) is 0 Å². The number of rotatable bonds is 1. The SMILES string of the molecule is CC(=O)Nc1ccc2c(c1)N(C)C(=O)C2(C)C. The molecule has 0 bridgehead atoms. The number of amides is 2. The number of carbonyl (C=O) groups excluding carboxylic acids is 2. The van der Waals surface area contributed by atoms with Crippen molar-refractivity contribution in [1.82, 2.24) is 0 Å². The second kappa shape index (κ2) is 3.58. The van der Waals surface area contributed by atoms with Crippen LogP contribution in [0.2, 0.25) is 0 Å². The number of anilines is 2. The first-order valence-electron chi connectivity index (χ1n) is 5.54. The van der Waals surface area contributed by atoms with E-state index in [-0.39, 0.29) is 11.8 Å². The average Bonchev–Trinajstić information content (AvgIpc) is 2.40. The number of likely N-dealkylation sites (N-methyl/N-ethyl adjacent to an activating group) is 1. The van der Waals surface area contributed by atoms with Gasteiger partial charge in [-0.1, -0.05) is 6.07 Å². The summed E-state index contributed by atoms with van der Waals surface area (Å²) < 4.78 is 0. The fourth-order valence-corrected chi connectivity index (χ4v) is 2.26. The quantitative estimate of drug-likeness (QED) is 0.804. The molecule has 0 unspecified atom stereocenters. The zero-order chi connectivity index (χ0) is 12.8. The van der Waals surface area contributed by atoms with Crippen LogP contribution in [0.4, 0.5) is 11.4 Å². The van der Waals surface area contributed by atoms with Gasteiger partial charge in [0.15, 0.2) is 0 Å². The van der Waals surface area contributed by atoms with Gasteiger partial charge in [0.1, 0.15) is 0 Å². The summed E-state index contributed by atoms with van der Waals surface area (Å²) >= 11 is 0. The first kappa shape index (κ1) is 11.6. The van der Waals surface area contributed by atoms with Crippen LogP contribution in [0.25, 0.3) is 0 Å². The summed E-state index contributed by atoms with van der Waals surface area (Å²) in [5, 5.41) is 2.72. The highest BCUT2D eigenvalue weighted by Crippen LogP contribution is 2.41. The van der Waals surface area contributed by atoms with E-state index in [1.807, 2.05) is 32.0 Å². The molecule has 90 valence electrons. The highest BCUT2D eigenvalue weighted by atomic mass is 16.2. The van der Waals surface area contributed by atoms with Crippen molar-refractivity contribution in [2.75, 3.05) is 17.3 Å². The minimum Gasteiger partial charge on any atom is -0.326 e. The molecule has 0 aromatic heterocycles. The molecule has 4 heteroatoms. The van der Waals surface area contributed by atoms with Crippen molar-refractivity contribution in [3.63, 3.8) is 0 Å². The predicted octanol–water partition coefficient (Wildman–Crippen LogP) is 1.90. The average molecular weight is 232 g/mol. The summed E-state index contributed by atoms with van der Waals surface area (Å²) in [6, 6.07) is 5.57. The summed E-state index contributed by atoms with van der Waals surface area (Å²) in [6.07, 6.45) is 0. The summed E-state index contributed by atoms with van der Waals surface area (Å²) in [5.41, 5.74) is 2.10. The van der Waals surface area contributed by atoms with Gasteiger partial charge in [-0.3, -0.25) is 9.59 Å². The van der Waals surface area contributed by atoms with Crippen LogP contribution < -0.4 is 10.2 Å². The van der Waals surface area contributed by atoms with Crippen LogP contribution in [0.15, 0.2) is 18.2 Å². The number of carbonyl (C=O) groups is 2. The number of fused-ring (bicyclic) bond motifs is 1. The van der Waals surface area contributed by atoms with E-state index in [9.17, 15) is 9.59 Å². The molecule has 1 heterocycles. The lowest BCUT2D eigenvalue weighted by molar-refractivity contribution is -0.121. The van der Waals surface area contributed by atoms with Gasteiger partial charge in [0.05, 0.1) is 5.41 Å². The number of benzene rings is 1. The molecule has 0 saturated heterocycles. The molecule has 0 aliphatic carbocycles. The van der Waals surface area contributed by atoms with Gasteiger partial charge < -0.3 is 10.2 Å². The Bertz CT molecular complexity index is 506. The summed E-state index contributed by atoms with van der Waals surface area (Å²) in [4.78, 5) is 24.7. The van der Waals surface area contributed by atoms with Crippen molar-refractivity contribution in [2.45, 2.75) is 26.2 Å². The summed E-state index contributed by atoms with van der Waals surface area (Å²) in [5.74, 6) is -0.0383. The number of hydrogen-bond donors (Lipinski definition) is 1. The molecule has 2 rings (SSSR count). The minimum atomic E-state index is -0.487. The van der Waals surface area contributed by atoms with E-state index >= 15 is 0 Å². The van der Waals surface area contributed by atoms with Crippen molar-refractivity contribution in [2.24, 2.45) is 0 Å². The van der Waals surface area contributed by atoms with Gasteiger partial charge in [0.2, 0.25) is 11.8 Å². The van der Waals surface area contributed by atoms with E-state index < -0.39 is 5.41 Å². The molecule has 1 aliphatic rings. The summed E-state index contributed by atoms with van der Waals surface area (Å²) in [6.45, 7) is 5.29. The van der Waals surface area contributed by atoms with Gasteiger partial charge >= 0.3 is 0 Å². The van der Waals surface area contributed by atoms with Gasteiger partial charge in [0.25, 0.3) is 0 Å². The first-order valence-corrected chi connectivity index (χ1v) is 5.54. The second-order valence-electron chi connectivity index (χ2n) is 4.90. The molecule has 1 N–H and O–H groups in total. The molecular formula is C13H16N2O2. The second-order valence-corrected chi connectivity index (χ2v) is 4.90. The molecule has 0 spiro atoms. The zero-order valence-electron chi connectivity index (χ0n) is 10.5. The Labute approximate surface area is 101 Å². The maximum atomic E-state index is 12.1. The third-order valence-electron chi connectivity index (χ3n) is 3.19. The standard InChI is InChI=1S/C13H16N2O2/c1-8(16)14-9-5-6-10-11(7-9)15(4)12(17)13(10,2)3/h5-7H,1-4H3,(H,14,16). The highest BCUT2D eigenvalue weighted by Gasteiger charge is 2.42. The Hall–Kier alpha value is -1.84. The summed E-state index contributed by atoms with van der Waals surface area (Å²) in [7, 11) is 1.76. The maximum Gasteiger partial charge on any atom is 0.236 e. The maximum absolute atomic E-state index is 12.1. The fourth-order valence-electron chi connectivity index (χ4n) is 2.26. The molecule has 4 nitrogen and oxygen atoms in total. The topological polar surface area (TPSA) is 49.4 Å². The monoisotopic (exact) mass is 232 g/mol. The lowest BCUT2D eigenvalue weighted by atomic mass is 9.86. The van der Waals surface area contributed by atoms with Crippen LogP contribution in [0.3, 0.4) is 0 Å². The lowest BCUT2D eigenvalue weighted by Gasteiger charge is -2.16. The Morgan fingerprint density at radius 1 is 1.35 bits per heavy atom. The molecule has 0 radical (unpaired) electrons. The third kappa shape index (κ3) is 1.69. The number of nitrogens with zero attached hydrogens (tertiary/aromatic N) is 1. The van der Waals surface area contributed by atoms with Gasteiger partial charge in [-0.2, -0.15) is 0 Å². The van der Waals surface area contributed by atoms with Crippen molar-refractivity contribution in [1.29, 1.82) is 0 Å². The van der Waals surface area contributed by atoms with E-state index in [0.717, 1.165) is 11.3 Å². The number of nitrogens with one attached hydrogen (secondary N) is 1. The first-order chi connectivity index (χ1) is 7.84. The van der Waals surface area contributed by atoms with Crippen LogP contribution in [0.1, 0.15) is 26.3 Å². The lowest BCUT2D eigenvalue weighted by Crippen LogP contribution is -2.33. The minimum absolute atomic E-state index is 0.0764. The van der Waals surface area contributed by atoms with Crippen molar-refractivity contribution in [3.05, 3.63) is 23.8 Å². The van der Waals surface area contributed by atoms with E-state index in [4.69, 9.17) is 0 Å². The molecule has 0 fully saturated rings. The smallest absolute Gasteiger partial charge is 0.236 e. The van der Waals surface area contributed by atoms with Crippen LogP contribution in [0.5, 0.6) is 0 Å². The van der Waals surface area contributed by atoms with E-state index in [1.54, 1.807) is 11.9 Å². The molecule has 2 amide bonds.